The first-order valence-corrected chi connectivity index (χ1v) is 9.99. The summed E-state index contributed by atoms with van der Waals surface area (Å²) in [6.07, 6.45) is 2.18. The first-order chi connectivity index (χ1) is 13.0. The molecule has 1 amide bonds. The van der Waals surface area contributed by atoms with Gasteiger partial charge in [-0.3, -0.25) is 14.5 Å². The van der Waals surface area contributed by atoms with E-state index in [1.54, 1.807) is 0 Å². The van der Waals surface area contributed by atoms with E-state index in [1.807, 2.05) is 35.2 Å². The molecular weight excluding hydrogens is 342 g/mol. The highest BCUT2D eigenvalue weighted by atomic mass is 16.4. The number of aliphatic carboxylic acids is 1. The minimum atomic E-state index is -0.750. The third-order valence-electron chi connectivity index (χ3n) is 5.98. The summed E-state index contributed by atoms with van der Waals surface area (Å²) in [5, 5.41) is 9.14. The fourth-order valence-electron chi connectivity index (χ4n) is 4.36. The van der Waals surface area contributed by atoms with Gasteiger partial charge in [-0.25, -0.2) is 0 Å². The molecule has 0 spiro atoms. The molecule has 0 aromatic heterocycles. The van der Waals surface area contributed by atoms with E-state index < -0.39 is 5.97 Å². The van der Waals surface area contributed by atoms with E-state index in [2.05, 4.69) is 16.8 Å². The molecular formula is C21H31N3O3. The summed E-state index contributed by atoms with van der Waals surface area (Å²) in [4.78, 5) is 30.7. The summed E-state index contributed by atoms with van der Waals surface area (Å²) in [6.45, 7) is 5.62. The highest BCUT2D eigenvalue weighted by Gasteiger charge is 2.35. The van der Waals surface area contributed by atoms with Crippen molar-refractivity contribution in [2.75, 3.05) is 46.3 Å². The second kappa shape index (κ2) is 9.33. The minimum Gasteiger partial charge on any atom is -0.481 e. The van der Waals surface area contributed by atoms with Gasteiger partial charge in [-0.05, 0) is 31.4 Å². The first-order valence-electron chi connectivity index (χ1n) is 9.99. The van der Waals surface area contributed by atoms with Gasteiger partial charge < -0.3 is 14.9 Å². The Balaban J connectivity index is 1.63. The van der Waals surface area contributed by atoms with Gasteiger partial charge in [-0.2, -0.15) is 0 Å². The molecule has 0 radical (unpaired) electrons. The highest BCUT2D eigenvalue weighted by molar-refractivity contribution is 5.79. The van der Waals surface area contributed by atoms with Crippen LogP contribution in [0.1, 0.15) is 24.8 Å². The van der Waals surface area contributed by atoms with Crippen LogP contribution in [0.3, 0.4) is 0 Å². The lowest BCUT2D eigenvalue weighted by molar-refractivity contribution is -0.137. The molecule has 1 N–H and O–H groups in total. The van der Waals surface area contributed by atoms with Gasteiger partial charge in [0.25, 0.3) is 0 Å². The van der Waals surface area contributed by atoms with Crippen molar-refractivity contribution in [2.45, 2.75) is 31.7 Å². The molecule has 1 aromatic carbocycles. The molecule has 148 valence electrons. The number of likely N-dealkylation sites (tertiary alicyclic amines) is 1. The van der Waals surface area contributed by atoms with Gasteiger partial charge in [0.1, 0.15) is 0 Å². The van der Waals surface area contributed by atoms with Crippen LogP contribution >= 0.6 is 0 Å². The molecule has 1 aromatic rings. The van der Waals surface area contributed by atoms with Crippen molar-refractivity contribution in [3.05, 3.63) is 35.9 Å². The maximum absolute atomic E-state index is 12.8. The maximum atomic E-state index is 12.8. The second-order valence-corrected chi connectivity index (χ2v) is 7.89. The lowest BCUT2D eigenvalue weighted by Gasteiger charge is -2.46. The number of hydrogen-bond acceptors (Lipinski definition) is 4. The second-order valence-electron chi connectivity index (χ2n) is 7.89. The van der Waals surface area contributed by atoms with Gasteiger partial charge >= 0.3 is 5.97 Å². The number of nitrogens with zero attached hydrogens (tertiary/aromatic N) is 3. The number of amides is 1. The Labute approximate surface area is 161 Å². The third kappa shape index (κ3) is 5.53. The van der Waals surface area contributed by atoms with Crippen LogP contribution in [0.4, 0.5) is 0 Å². The van der Waals surface area contributed by atoms with E-state index in [9.17, 15) is 9.59 Å². The minimum absolute atomic E-state index is 0.151. The van der Waals surface area contributed by atoms with Crippen molar-refractivity contribution in [3.8, 4) is 0 Å². The molecule has 2 aliphatic rings. The Hall–Kier alpha value is -1.92. The number of likely N-dealkylation sites (N-methyl/N-ethyl adjacent to an activating group) is 1. The molecule has 3 rings (SSSR count). The molecule has 2 fully saturated rings. The van der Waals surface area contributed by atoms with Gasteiger partial charge in [0.05, 0.1) is 6.42 Å². The predicted molar refractivity (Wildman–Crippen MR) is 105 cm³/mol. The Morgan fingerprint density at radius 1 is 1.07 bits per heavy atom. The van der Waals surface area contributed by atoms with Crippen molar-refractivity contribution >= 4 is 11.9 Å². The number of piperazine rings is 1. The number of carboxylic acids is 1. The number of hydrogen-bond donors (Lipinski definition) is 1. The monoisotopic (exact) mass is 373 g/mol. The molecule has 6 nitrogen and oxygen atoms in total. The summed E-state index contributed by atoms with van der Waals surface area (Å²) in [5.41, 5.74) is 1.03. The van der Waals surface area contributed by atoms with E-state index in [-0.39, 0.29) is 18.2 Å². The lowest BCUT2D eigenvalue weighted by Crippen LogP contribution is -2.57. The van der Waals surface area contributed by atoms with Crippen LogP contribution in [0.2, 0.25) is 0 Å². The molecule has 27 heavy (non-hydrogen) atoms. The maximum Gasteiger partial charge on any atom is 0.303 e. The molecule has 2 aliphatic heterocycles. The normalized spacial score (nSPS) is 24.7. The Kier molecular flexibility index (Phi) is 6.85. The summed E-state index contributed by atoms with van der Waals surface area (Å²) in [5.74, 6) is -0.365. The van der Waals surface area contributed by atoms with E-state index in [4.69, 9.17) is 5.11 Å². The molecule has 0 aliphatic carbocycles. The smallest absolute Gasteiger partial charge is 0.303 e. The Morgan fingerprint density at radius 3 is 2.44 bits per heavy atom. The zero-order valence-electron chi connectivity index (χ0n) is 16.2. The molecule has 2 atom stereocenters. The first kappa shape index (κ1) is 19.8. The Bertz CT molecular complexity index is 629. The van der Waals surface area contributed by atoms with Crippen LogP contribution in [0.5, 0.6) is 0 Å². The number of benzene rings is 1. The van der Waals surface area contributed by atoms with E-state index >= 15 is 0 Å². The van der Waals surface area contributed by atoms with E-state index in [0.29, 0.717) is 25.4 Å². The average Bonchev–Trinajstić information content (AvgIpc) is 2.67. The van der Waals surface area contributed by atoms with Gasteiger partial charge in [-0.15, -0.1) is 0 Å². The third-order valence-corrected chi connectivity index (χ3v) is 5.98. The van der Waals surface area contributed by atoms with Gasteiger partial charge in [0.2, 0.25) is 5.91 Å². The van der Waals surface area contributed by atoms with Crippen molar-refractivity contribution in [1.82, 2.24) is 14.7 Å². The topological polar surface area (TPSA) is 64.1 Å². The van der Waals surface area contributed by atoms with Crippen molar-refractivity contribution in [3.63, 3.8) is 0 Å². The largest absolute Gasteiger partial charge is 0.481 e. The van der Waals surface area contributed by atoms with Crippen LogP contribution < -0.4 is 0 Å². The van der Waals surface area contributed by atoms with Crippen LogP contribution in [0.25, 0.3) is 0 Å². The summed E-state index contributed by atoms with van der Waals surface area (Å²) < 4.78 is 0. The number of carbonyl (C=O) groups is 2. The van der Waals surface area contributed by atoms with Gasteiger partial charge in [0.15, 0.2) is 0 Å². The number of piperidine rings is 1. The molecule has 0 unspecified atom stereocenters. The quantitative estimate of drug-likeness (QED) is 0.820. The molecule has 0 saturated carbocycles. The van der Waals surface area contributed by atoms with Gasteiger partial charge in [0, 0.05) is 51.7 Å². The number of carbonyl (C=O) groups excluding carboxylic acids is 1. The summed E-state index contributed by atoms with van der Waals surface area (Å²) in [7, 11) is 2.14. The summed E-state index contributed by atoms with van der Waals surface area (Å²) in [6, 6.07) is 10.2. The predicted octanol–water partition coefficient (Wildman–Crippen LogP) is 1.56. The molecule has 2 heterocycles. The molecule has 6 heteroatoms. The highest BCUT2D eigenvalue weighted by Crippen LogP contribution is 2.27. The number of rotatable bonds is 6. The van der Waals surface area contributed by atoms with Crippen LogP contribution in [-0.4, -0.2) is 84.0 Å². The van der Waals surface area contributed by atoms with Crippen LogP contribution in [0.15, 0.2) is 30.3 Å². The van der Waals surface area contributed by atoms with Gasteiger partial charge in [-0.1, -0.05) is 30.3 Å². The van der Waals surface area contributed by atoms with Crippen molar-refractivity contribution in [2.24, 2.45) is 5.92 Å². The lowest BCUT2D eigenvalue weighted by atomic mass is 9.86. The zero-order valence-corrected chi connectivity index (χ0v) is 16.2. The summed E-state index contributed by atoms with van der Waals surface area (Å²) >= 11 is 0. The van der Waals surface area contributed by atoms with Crippen molar-refractivity contribution in [1.29, 1.82) is 0 Å². The van der Waals surface area contributed by atoms with E-state index in [1.165, 1.54) is 0 Å². The molecule has 0 bridgehead atoms. The standard InChI is InChI=1S/C21H31N3O3/c1-22-11-13-23(14-12-22)19-9-10-24(16-18(19)7-8-21(26)27)20(25)15-17-5-3-2-4-6-17/h2-6,18-19H,7-16H2,1H3,(H,26,27)/t18-,19+/m0/s1. The number of carboxylic acid groups (broad SMARTS) is 1. The van der Waals surface area contributed by atoms with E-state index in [0.717, 1.165) is 44.7 Å². The van der Waals surface area contributed by atoms with Crippen LogP contribution in [0, 0.1) is 5.92 Å². The van der Waals surface area contributed by atoms with Crippen LogP contribution in [-0.2, 0) is 16.0 Å². The average molecular weight is 373 g/mol. The fourth-order valence-corrected chi connectivity index (χ4v) is 4.36. The SMILES string of the molecule is CN1CCN([C@@H]2CCN(C(=O)Cc3ccccc3)C[C@@H]2CCC(=O)O)CC1. The fraction of sp³-hybridized carbons (Fsp3) is 0.619. The Morgan fingerprint density at radius 2 is 1.78 bits per heavy atom. The zero-order chi connectivity index (χ0) is 19.2. The molecule has 2 saturated heterocycles. The van der Waals surface area contributed by atoms with Crippen molar-refractivity contribution < 1.29 is 14.7 Å².